The molecule has 3 heterocycles. The van der Waals surface area contributed by atoms with Crippen LogP contribution in [0.5, 0.6) is 0 Å². The molecule has 1 atom stereocenters. The Morgan fingerprint density at radius 3 is 2.81 bits per heavy atom. The molecule has 140 valence electrons. The zero-order valence-electron chi connectivity index (χ0n) is 14.1. The third kappa shape index (κ3) is 4.18. The van der Waals surface area contributed by atoms with Crippen molar-refractivity contribution in [3.05, 3.63) is 27.3 Å². The van der Waals surface area contributed by atoms with Crippen molar-refractivity contribution >= 4 is 56.1 Å². The van der Waals surface area contributed by atoms with E-state index in [1.165, 1.54) is 16.2 Å². The van der Waals surface area contributed by atoms with Crippen molar-refractivity contribution in [1.29, 1.82) is 0 Å². The molecule has 2 fully saturated rings. The summed E-state index contributed by atoms with van der Waals surface area (Å²) in [6, 6.07) is 3.38. The van der Waals surface area contributed by atoms with Crippen LogP contribution < -0.4 is 0 Å². The van der Waals surface area contributed by atoms with E-state index in [1.54, 1.807) is 13.1 Å². The fourth-order valence-electron chi connectivity index (χ4n) is 2.86. The molecule has 0 aliphatic carbocycles. The molecule has 2 aliphatic rings. The molecule has 26 heavy (non-hydrogen) atoms. The van der Waals surface area contributed by atoms with Gasteiger partial charge in [0.15, 0.2) is 9.84 Å². The number of imide groups is 1. The third-order valence-electron chi connectivity index (χ3n) is 4.39. The molecule has 1 aromatic rings. The summed E-state index contributed by atoms with van der Waals surface area (Å²) >= 11 is 2.33. The Kier molecular flexibility index (Phi) is 5.54. The summed E-state index contributed by atoms with van der Waals surface area (Å²) in [5.74, 6) is -0.604. The Morgan fingerprint density at radius 1 is 1.42 bits per heavy atom. The first-order valence-electron chi connectivity index (χ1n) is 8.02. The zero-order valence-corrected chi connectivity index (χ0v) is 16.5. The van der Waals surface area contributed by atoms with Gasteiger partial charge in [0.1, 0.15) is 0 Å². The van der Waals surface area contributed by atoms with Gasteiger partial charge in [0.2, 0.25) is 5.91 Å². The lowest BCUT2D eigenvalue weighted by atomic mass is 10.2. The standard InChI is InChI=1S/C16H18N2O5S3/c1-17(11-5-8-26(22,23)10-11)14(19)4-6-18-15(20)13(25-16(18)21)9-12-3-2-7-24-12/h2-3,7,9,11H,4-6,8,10H2,1H3/b13-9-/t11-/m0/s1. The number of carbonyl (C=O) groups excluding carboxylic acids is 3. The largest absolute Gasteiger partial charge is 0.342 e. The number of carbonyl (C=O) groups is 3. The molecule has 7 nitrogen and oxygen atoms in total. The van der Waals surface area contributed by atoms with Gasteiger partial charge in [0, 0.05) is 30.9 Å². The highest BCUT2D eigenvalue weighted by atomic mass is 32.2. The smallest absolute Gasteiger partial charge is 0.293 e. The average molecular weight is 415 g/mol. The highest BCUT2D eigenvalue weighted by Crippen LogP contribution is 2.33. The predicted octanol–water partition coefficient (Wildman–Crippen LogP) is 1.82. The van der Waals surface area contributed by atoms with E-state index in [-0.39, 0.29) is 36.4 Å². The molecular formula is C16H18N2O5S3. The molecular weight excluding hydrogens is 396 g/mol. The van der Waals surface area contributed by atoms with Gasteiger partial charge in [-0.05, 0) is 35.7 Å². The van der Waals surface area contributed by atoms with Crippen molar-refractivity contribution in [2.24, 2.45) is 0 Å². The second-order valence-electron chi connectivity index (χ2n) is 6.16. The fourth-order valence-corrected chi connectivity index (χ4v) is 6.23. The maximum atomic E-state index is 12.4. The highest BCUT2D eigenvalue weighted by Gasteiger charge is 2.36. The lowest BCUT2D eigenvalue weighted by molar-refractivity contribution is -0.132. The quantitative estimate of drug-likeness (QED) is 0.683. The minimum absolute atomic E-state index is 0.00487. The number of hydrogen-bond acceptors (Lipinski definition) is 7. The number of hydrogen-bond donors (Lipinski definition) is 0. The molecule has 0 saturated carbocycles. The van der Waals surface area contributed by atoms with Crippen molar-refractivity contribution in [3.8, 4) is 0 Å². The van der Waals surface area contributed by atoms with Crippen molar-refractivity contribution in [2.75, 3.05) is 25.1 Å². The molecule has 2 aliphatic heterocycles. The van der Waals surface area contributed by atoms with Crippen LogP contribution >= 0.6 is 23.1 Å². The number of thioether (sulfide) groups is 1. The highest BCUT2D eigenvalue weighted by molar-refractivity contribution is 8.18. The van der Waals surface area contributed by atoms with Gasteiger partial charge in [-0.2, -0.15) is 0 Å². The molecule has 0 unspecified atom stereocenters. The number of amides is 3. The van der Waals surface area contributed by atoms with Gasteiger partial charge in [-0.3, -0.25) is 19.3 Å². The second kappa shape index (κ2) is 7.53. The summed E-state index contributed by atoms with van der Waals surface area (Å²) in [5, 5.41) is 1.49. The normalized spacial score (nSPS) is 23.8. The summed E-state index contributed by atoms with van der Waals surface area (Å²) in [4.78, 5) is 40.5. The van der Waals surface area contributed by atoms with Crippen LogP contribution in [-0.4, -0.2) is 66.4 Å². The molecule has 0 N–H and O–H groups in total. The Hall–Kier alpha value is -1.65. The van der Waals surface area contributed by atoms with Gasteiger partial charge in [0.05, 0.1) is 16.4 Å². The fraction of sp³-hybridized carbons (Fsp3) is 0.438. The van der Waals surface area contributed by atoms with Crippen LogP contribution in [0.25, 0.3) is 6.08 Å². The van der Waals surface area contributed by atoms with Crippen molar-refractivity contribution in [1.82, 2.24) is 9.80 Å². The molecule has 0 radical (unpaired) electrons. The maximum absolute atomic E-state index is 12.4. The predicted molar refractivity (Wildman–Crippen MR) is 101 cm³/mol. The topological polar surface area (TPSA) is 91.8 Å². The monoisotopic (exact) mass is 414 g/mol. The zero-order chi connectivity index (χ0) is 18.9. The number of nitrogens with zero attached hydrogens (tertiary/aromatic N) is 2. The van der Waals surface area contributed by atoms with E-state index in [1.807, 2.05) is 17.5 Å². The summed E-state index contributed by atoms with van der Waals surface area (Å²) in [6.07, 6.45) is 2.08. The van der Waals surface area contributed by atoms with E-state index < -0.39 is 21.0 Å². The van der Waals surface area contributed by atoms with Crippen LogP contribution in [0.2, 0.25) is 0 Å². The number of rotatable bonds is 5. The molecule has 3 rings (SSSR count). The van der Waals surface area contributed by atoms with E-state index in [0.29, 0.717) is 11.3 Å². The average Bonchev–Trinajstić information content (AvgIpc) is 3.27. The van der Waals surface area contributed by atoms with Crippen molar-refractivity contribution in [3.63, 3.8) is 0 Å². The SMILES string of the molecule is CN(C(=O)CCN1C(=O)S/C(=C\c2cccs2)C1=O)[C@H]1CCS(=O)(=O)C1. The lowest BCUT2D eigenvalue weighted by Crippen LogP contribution is -2.40. The first-order chi connectivity index (χ1) is 12.3. The maximum Gasteiger partial charge on any atom is 0.293 e. The minimum Gasteiger partial charge on any atom is -0.342 e. The Bertz CT molecular complexity index is 860. The lowest BCUT2D eigenvalue weighted by Gasteiger charge is -2.24. The van der Waals surface area contributed by atoms with Gasteiger partial charge >= 0.3 is 0 Å². The summed E-state index contributed by atoms with van der Waals surface area (Å²) in [7, 11) is -1.51. The summed E-state index contributed by atoms with van der Waals surface area (Å²) in [5.41, 5.74) is 0. The van der Waals surface area contributed by atoms with Crippen molar-refractivity contribution in [2.45, 2.75) is 18.9 Å². The third-order valence-corrected chi connectivity index (χ3v) is 7.87. The van der Waals surface area contributed by atoms with Crippen LogP contribution in [0.3, 0.4) is 0 Å². The van der Waals surface area contributed by atoms with Gasteiger partial charge in [-0.25, -0.2) is 8.42 Å². The number of sulfone groups is 1. The van der Waals surface area contributed by atoms with Crippen LogP contribution in [0.15, 0.2) is 22.4 Å². The van der Waals surface area contributed by atoms with Crippen LogP contribution in [-0.2, 0) is 19.4 Å². The summed E-state index contributed by atoms with van der Waals surface area (Å²) in [6.45, 7) is -0.00487. The molecule has 1 aromatic heterocycles. The first-order valence-corrected chi connectivity index (χ1v) is 11.5. The van der Waals surface area contributed by atoms with Crippen LogP contribution in [0.4, 0.5) is 4.79 Å². The Labute approximate surface area is 160 Å². The van der Waals surface area contributed by atoms with Gasteiger partial charge in [0.25, 0.3) is 11.1 Å². The van der Waals surface area contributed by atoms with Crippen LogP contribution in [0, 0.1) is 0 Å². The molecule has 0 spiro atoms. The molecule has 3 amide bonds. The van der Waals surface area contributed by atoms with E-state index in [2.05, 4.69) is 0 Å². The van der Waals surface area contributed by atoms with E-state index in [4.69, 9.17) is 0 Å². The van der Waals surface area contributed by atoms with Gasteiger partial charge in [-0.15, -0.1) is 11.3 Å². The molecule has 10 heteroatoms. The van der Waals surface area contributed by atoms with E-state index in [0.717, 1.165) is 21.5 Å². The molecule has 0 aromatic carbocycles. The summed E-state index contributed by atoms with van der Waals surface area (Å²) < 4.78 is 23.1. The van der Waals surface area contributed by atoms with Crippen molar-refractivity contribution < 1.29 is 22.8 Å². The number of thiophene rings is 1. The minimum atomic E-state index is -3.08. The molecule has 2 saturated heterocycles. The Balaban J connectivity index is 1.58. The Morgan fingerprint density at radius 2 is 2.19 bits per heavy atom. The van der Waals surface area contributed by atoms with Gasteiger partial charge < -0.3 is 4.90 Å². The molecule has 0 bridgehead atoms. The first kappa shape index (κ1) is 19.1. The van der Waals surface area contributed by atoms with E-state index >= 15 is 0 Å². The van der Waals surface area contributed by atoms with Crippen LogP contribution in [0.1, 0.15) is 17.7 Å². The van der Waals surface area contributed by atoms with E-state index in [9.17, 15) is 22.8 Å². The second-order valence-corrected chi connectivity index (χ2v) is 10.4. The van der Waals surface area contributed by atoms with Gasteiger partial charge in [-0.1, -0.05) is 6.07 Å².